The third-order valence-corrected chi connectivity index (χ3v) is 1.12. The Morgan fingerprint density at radius 1 is 1.67 bits per heavy atom. The average molecular weight is 179 g/mol. The van der Waals surface area contributed by atoms with Crippen LogP contribution in [0.15, 0.2) is 0 Å². The summed E-state index contributed by atoms with van der Waals surface area (Å²) in [5.74, 6) is 0. The first-order valence-corrected chi connectivity index (χ1v) is 2.69. The summed E-state index contributed by atoms with van der Waals surface area (Å²) in [5, 5.41) is 0. The molecule has 0 aromatic heterocycles. The summed E-state index contributed by atoms with van der Waals surface area (Å²) < 4.78 is 0. The van der Waals surface area contributed by atoms with Gasteiger partial charge >= 0.3 is 0 Å². The van der Waals surface area contributed by atoms with Crippen molar-refractivity contribution in [1.29, 1.82) is 0 Å². The van der Waals surface area contributed by atoms with Crippen LogP contribution in [-0.4, -0.2) is 5.66 Å². The molecule has 0 saturated carbocycles. The summed E-state index contributed by atoms with van der Waals surface area (Å²) in [7, 11) is 2.73. The monoisotopic (exact) mass is 179 g/mol. The van der Waals surface area contributed by atoms with Crippen molar-refractivity contribution in [2.24, 2.45) is 0 Å². The fourth-order valence-corrected chi connectivity index (χ4v) is 0. The van der Waals surface area contributed by atoms with Crippen LogP contribution < -0.4 is 0 Å². The maximum Gasteiger partial charge on any atom is 0 e. The maximum atomic E-state index is 2.73. The zero-order chi connectivity index (χ0) is 4.28. The van der Waals surface area contributed by atoms with E-state index in [1.54, 1.807) is 0 Å². The van der Waals surface area contributed by atoms with Crippen molar-refractivity contribution in [3.8, 4) is 0 Å². The molecule has 0 saturated heterocycles. The first kappa shape index (κ1) is 10.5. The second-order valence-electron chi connectivity index (χ2n) is 1.39. The van der Waals surface area contributed by atoms with Crippen LogP contribution in [0.1, 0.15) is 20.3 Å². The smallest absolute Gasteiger partial charge is 0 e. The van der Waals surface area contributed by atoms with E-state index in [2.05, 4.69) is 23.1 Å². The van der Waals surface area contributed by atoms with Gasteiger partial charge in [-0.1, -0.05) is 20.3 Å². The molecule has 0 amide bonds. The van der Waals surface area contributed by atoms with Crippen LogP contribution in [0.5, 0.6) is 0 Å². The number of hydrogen-bond acceptors (Lipinski definition) is 0. The van der Waals surface area contributed by atoms with Crippen molar-refractivity contribution in [1.82, 2.24) is 0 Å². The molecule has 2 heteroatoms. The van der Waals surface area contributed by atoms with Crippen molar-refractivity contribution in [3.63, 3.8) is 0 Å². The van der Waals surface area contributed by atoms with E-state index in [9.17, 15) is 0 Å². The van der Waals surface area contributed by atoms with E-state index < -0.39 is 0 Å². The van der Waals surface area contributed by atoms with Gasteiger partial charge in [0.25, 0.3) is 0 Å². The van der Waals surface area contributed by atoms with Crippen LogP contribution in [0.3, 0.4) is 0 Å². The fourth-order valence-electron chi connectivity index (χ4n) is 0. The molecule has 0 heterocycles. The topological polar surface area (TPSA) is 0 Å². The van der Waals surface area contributed by atoms with E-state index in [0.29, 0.717) is 0 Å². The van der Waals surface area contributed by atoms with Gasteiger partial charge in [0.2, 0.25) is 0 Å². The predicted octanol–water partition coefficient (Wildman–Crippen LogP) is 1.66. The van der Waals surface area contributed by atoms with Crippen molar-refractivity contribution >= 4 is 9.24 Å². The van der Waals surface area contributed by atoms with Crippen LogP contribution in [0.2, 0.25) is 0 Å². The van der Waals surface area contributed by atoms with Gasteiger partial charge < -0.3 is 0 Å². The van der Waals surface area contributed by atoms with Gasteiger partial charge in [0.05, 0.1) is 0 Å². The Kier molecular flexibility index (Phi) is 11.4. The van der Waals surface area contributed by atoms with E-state index in [1.165, 1.54) is 6.42 Å². The Labute approximate surface area is 67.5 Å². The molecule has 0 fully saturated rings. The normalized spacial score (nSPS) is 12.5. The maximum absolute atomic E-state index is 2.73. The molecule has 35 valence electrons. The molecule has 6 heavy (non-hydrogen) atoms. The zero-order valence-corrected chi connectivity index (χ0v) is 8.43. The average Bonchev–Trinajstić information content (AvgIpc) is 1.38. The first-order chi connectivity index (χ1) is 2.27. The Morgan fingerprint density at radius 3 is 1.83 bits per heavy atom. The van der Waals surface area contributed by atoms with Gasteiger partial charge in [0.1, 0.15) is 0 Å². The minimum Gasteiger partial charge on any atom is -0.135 e. The van der Waals surface area contributed by atoms with Crippen LogP contribution >= 0.6 is 9.24 Å². The second kappa shape index (κ2) is 6.53. The Hall–Kier alpha value is 1.53. The van der Waals surface area contributed by atoms with E-state index >= 15 is 0 Å². The van der Waals surface area contributed by atoms with Crippen LogP contribution in [0.25, 0.3) is 0 Å². The van der Waals surface area contributed by atoms with Crippen molar-refractivity contribution in [3.05, 3.63) is 0 Å². The Bertz CT molecular complexity index is 21.5. The molecule has 0 spiro atoms. The summed E-state index contributed by atoms with van der Waals surface area (Å²) in [6.45, 7) is 4.36. The van der Waals surface area contributed by atoms with Gasteiger partial charge in [-0.2, -0.15) is 0 Å². The molecule has 0 aliphatic rings. The Morgan fingerprint density at radius 2 is 1.83 bits per heavy atom. The minimum absolute atomic E-state index is 0. The quantitative estimate of drug-likeness (QED) is 0.537. The largest absolute Gasteiger partial charge is 0.135 e. The molecule has 0 nitrogen and oxygen atoms in total. The summed E-state index contributed by atoms with van der Waals surface area (Å²) >= 11 is 0. The summed E-state index contributed by atoms with van der Waals surface area (Å²) in [6, 6.07) is 0. The fraction of sp³-hybridized carbons (Fsp3) is 1.00. The Balaban J connectivity index is 0. The molecule has 2 atom stereocenters. The minimum atomic E-state index is 0. The molecule has 1 radical (unpaired) electrons. The molecule has 0 aromatic carbocycles. The first-order valence-electron chi connectivity index (χ1n) is 2.03. The third-order valence-electron chi connectivity index (χ3n) is 0.644. The summed E-state index contributed by atoms with van der Waals surface area (Å²) in [6.07, 6.45) is 1.27. The van der Waals surface area contributed by atoms with Crippen LogP contribution in [0.4, 0.5) is 0 Å². The van der Waals surface area contributed by atoms with Gasteiger partial charge in [-0.25, -0.2) is 0 Å². The molecule has 0 aliphatic carbocycles. The summed E-state index contributed by atoms with van der Waals surface area (Å²) in [4.78, 5) is 0. The third kappa shape index (κ3) is 9.11. The SMILES string of the molecule is CCC(C)P.[Y]. The molecule has 0 aliphatic heterocycles. The van der Waals surface area contributed by atoms with Crippen LogP contribution in [0, 0.1) is 0 Å². The van der Waals surface area contributed by atoms with E-state index in [1.807, 2.05) is 0 Å². The van der Waals surface area contributed by atoms with Crippen molar-refractivity contribution < 1.29 is 32.7 Å². The van der Waals surface area contributed by atoms with Gasteiger partial charge in [0, 0.05) is 32.7 Å². The van der Waals surface area contributed by atoms with Crippen molar-refractivity contribution in [2.75, 3.05) is 0 Å². The number of hydrogen-bond donors (Lipinski definition) is 0. The van der Waals surface area contributed by atoms with E-state index in [4.69, 9.17) is 0 Å². The van der Waals surface area contributed by atoms with E-state index in [0.717, 1.165) is 5.66 Å². The molecule has 0 rings (SSSR count). The molecule has 2 unspecified atom stereocenters. The molecule has 0 bridgehead atoms. The number of rotatable bonds is 1. The molecular weight excluding hydrogens is 168 g/mol. The van der Waals surface area contributed by atoms with Gasteiger partial charge in [0.15, 0.2) is 0 Å². The van der Waals surface area contributed by atoms with Crippen molar-refractivity contribution in [2.45, 2.75) is 25.9 Å². The molecular formula is C4H11PY. The predicted molar refractivity (Wildman–Crippen MR) is 29.5 cm³/mol. The van der Waals surface area contributed by atoms with Crippen LogP contribution in [-0.2, 0) is 32.7 Å². The summed E-state index contributed by atoms with van der Waals surface area (Å²) in [5.41, 5.74) is 0.801. The standard InChI is InChI=1S/C4H11P.Y/c1-3-4(2)5;/h4H,3,5H2,1-2H3;. The second-order valence-corrected chi connectivity index (χ2v) is 2.52. The molecule has 0 N–H and O–H groups in total. The van der Waals surface area contributed by atoms with Gasteiger partial charge in [-0.3, -0.25) is 0 Å². The van der Waals surface area contributed by atoms with Gasteiger partial charge in [-0.05, 0) is 5.66 Å². The van der Waals surface area contributed by atoms with E-state index in [-0.39, 0.29) is 32.7 Å². The zero-order valence-electron chi connectivity index (χ0n) is 4.44. The van der Waals surface area contributed by atoms with Gasteiger partial charge in [-0.15, -0.1) is 9.24 Å². The molecule has 0 aromatic rings.